The topological polar surface area (TPSA) is 29.5 Å². The summed E-state index contributed by atoms with van der Waals surface area (Å²) in [5, 5.41) is 0. The lowest BCUT2D eigenvalue weighted by Crippen LogP contribution is -2.56. The highest BCUT2D eigenvalue weighted by molar-refractivity contribution is 5.81. The summed E-state index contributed by atoms with van der Waals surface area (Å²) in [5.41, 5.74) is 3.77. The molecule has 0 bridgehead atoms. The molecule has 0 aromatic heterocycles. The van der Waals surface area contributed by atoms with Gasteiger partial charge in [0, 0.05) is 11.2 Å². The van der Waals surface area contributed by atoms with E-state index in [1.165, 1.54) is 23.9 Å². The van der Waals surface area contributed by atoms with E-state index in [1.54, 1.807) is 0 Å². The van der Waals surface area contributed by atoms with Gasteiger partial charge in [0.05, 0.1) is 7.11 Å². The van der Waals surface area contributed by atoms with Gasteiger partial charge in [0.1, 0.15) is 6.04 Å². The maximum atomic E-state index is 12.5. The Morgan fingerprint density at radius 1 is 1.43 bits per heavy atom. The van der Waals surface area contributed by atoms with E-state index in [1.807, 2.05) is 0 Å². The Morgan fingerprint density at radius 2 is 2.13 bits per heavy atom. The predicted molar refractivity (Wildman–Crippen MR) is 96.1 cm³/mol. The molecule has 128 valence electrons. The molecule has 0 fully saturated rings. The first-order chi connectivity index (χ1) is 10.8. The van der Waals surface area contributed by atoms with E-state index in [0.717, 1.165) is 25.7 Å². The number of nitrogens with zero attached hydrogens (tertiary/aromatic N) is 1. The highest BCUT2D eigenvalue weighted by Crippen LogP contribution is 2.45. The molecule has 2 unspecified atom stereocenters. The van der Waals surface area contributed by atoms with Crippen molar-refractivity contribution in [3.63, 3.8) is 0 Å². The van der Waals surface area contributed by atoms with Gasteiger partial charge in [-0.15, -0.1) is 0 Å². The number of anilines is 1. The zero-order valence-corrected chi connectivity index (χ0v) is 15.5. The average molecular weight is 317 g/mol. The van der Waals surface area contributed by atoms with Crippen LogP contribution in [0.2, 0.25) is 0 Å². The summed E-state index contributed by atoms with van der Waals surface area (Å²) in [6.07, 6.45) is 4.00. The molecule has 0 saturated carbocycles. The van der Waals surface area contributed by atoms with E-state index in [9.17, 15) is 4.79 Å². The van der Waals surface area contributed by atoms with E-state index < -0.39 is 0 Å². The first-order valence-electron chi connectivity index (χ1n) is 8.79. The molecule has 1 aromatic rings. The monoisotopic (exact) mass is 317 g/mol. The number of hydrogen-bond donors (Lipinski definition) is 0. The van der Waals surface area contributed by atoms with Crippen molar-refractivity contribution in [2.45, 2.75) is 77.8 Å². The van der Waals surface area contributed by atoms with E-state index >= 15 is 0 Å². The van der Waals surface area contributed by atoms with Crippen LogP contribution in [0, 0.1) is 6.92 Å². The molecular formula is C20H31NO2. The summed E-state index contributed by atoms with van der Waals surface area (Å²) in [6.45, 7) is 11.1. The maximum absolute atomic E-state index is 12.5. The SMILES string of the molecule is CCCCC(C(=O)OC)N1c2ccc(C)cc2C(C)CC1(C)C. The molecule has 23 heavy (non-hydrogen) atoms. The second-order valence-corrected chi connectivity index (χ2v) is 7.53. The lowest BCUT2D eigenvalue weighted by atomic mass is 9.78. The van der Waals surface area contributed by atoms with Crippen molar-refractivity contribution in [2.24, 2.45) is 0 Å². The normalized spacial score (nSPS) is 20.8. The fourth-order valence-corrected chi connectivity index (χ4v) is 4.05. The third-order valence-corrected chi connectivity index (χ3v) is 5.05. The molecule has 0 radical (unpaired) electrons. The summed E-state index contributed by atoms with van der Waals surface area (Å²) in [7, 11) is 1.50. The summed E-state index contributed by atoms with van der Waals surface area (Å²) in [6, 6.07) is 6.40. The second kappa shape index (κ2) is 6.94. The summed E-state index contributed by atoms with van der Waals surface area (Å²) < 4.78 is 5.14. The number of rotatable bonds is 5. The largest absolute Gasteiger partial charge is 0.467 e. The van der Waals surface area contributed by atoms with Crippen LogP contribution in [-0.2, 0) is 9.53 Å². The molecule has 0 saturated heterocycles. The number of aryl methyl sites for hydroxylation is 1. The lowest BCUT2D eigenvalue weighted by Gasteiger charge is -2.50. The van der Waals surface area contributed by atoms with Crippen LogP contribution in [0.5, 0.6) is 0 Å². The fraction of sp³-hybridized carbons (Fsp3) is 0.650. The van der Waals surface area contributed by atoms with Gasteiger partial charge in [-0.05, 0) is 51.2 Å². The molecule has 3 heteroatoms. The van der Waals surface area contributed by atoms with Crippen molar-refractivity contribution in [3.8, 4) is 0 Å². The number of hydrogen-bond acceptors (Lipinski definition) is 3. The number of esters is 1. The molecule has 1 aliphatic rings. The highest BCUT2D eigenvalue weighted by atomic mass is 16.5. The van der Waals surface area contributed by atoms with Crippen LogP contribution >= 0.6 is 0 Å². The fourth-order valence-electron chi connectivity index (χ4n) is 4.05. The Hall–Kier alpha value is -1.51. The molecule has 2 atom stereocenters. The van der Waals surface area contributed by atoms with Crippen LogP contribution in [0.4, 0.5) is 5.69 Å². The molecular weight excluding hydrogens is 286 g/mol. The van der Waals surface area contributed by atoms with E-state index in [4.69, 9.17) is 4.74 Å². The van der Waals surface area contributed by atoms with Crippen LogP contribution in [0.15, 0.2) is 18.2 Å². The number of ether oxygens (including phenoxy) is 1. The van der Waals surface area contributed by atoms with Crippen molar-refractivity contribution in [1.82, 2.24) is 0 Å². The van der Waals surface area contributed by atoms with Gasteiger partial charge in [-0.2, -0.15) is 0 Å². The number of benzene rings is 1. The Morgan fingerprint density at radius 3 is 2.74 bits per heavy atom. The van der Waals surface area contributed by atoms with Crippen LogP contribution in [0.1, 0.15) is 70.4 Å². The molecule has 0 aliphatic carbocycles. The Balaban J connectivity index is 2.52. The number of carbonyl (C=O) groups is 1. The van der Waals surface area contributed by atoms with Gasteiger partial charge in [-0.25, -0.2) is 4.79 Å². The minimum atomic E-state index is -0.205. The van der Waals surface area contributed by atoms with Gasteiger partial charge in [0.2, 0.25) is 0 Å². The van der Waals surface area contributed by atoms with Crippen molar-refractivity contribution in [1.29, 1.82) is 0 Å². The highest BCUT2D eigenvalue weighted by Gasteiger charge is 2.42. The molecule has 0 amide bonds. The van der Waals surface area contributed by atoms with Crippen molar-refractivity contribution in [2.75, 3.05) is 12.0 Å². The molecule has 1 heterocycles. The molecule has 3 nitrogen and oxygen atoms in total. The maximum Gasteiger partial charge on any atom is 0.328 e. The Labute approximate surface area is 141 Å². The van der Waals surface area contributed by atoms with Gasteiger partial charge >= 0.3 is 5.97 Å². The van der Waals surface area contributed by atoms with Crippen LogP contribution in [-0.4, -0.2) is 24.7 Å². The number of carbonyl (C=O) groups excluding carboxylic acids is 1. The molecule has 2 rings (SSSR count). The van der Waals surface area contributed by atoms with Crippen molar-refractivity contribution >= 4 is 11.7 Å². The summed E-state index contributed by atoms with van der Waals surface area (Å²) in [4.78, 5) is 14.8. The zero-order chi connectivity index (χ0) is 17.2. The van der Waals surface area contributed by atoms with Crippen LogP contribution < -0.4 is 4.90 Å². The first-order valence-corrected chi connectivity index (χ1v) is 8.79. The van der Waals surface area contributed by atoms with Crippen molar-refractivity contribution in [3.05, 3.63) is 29.3 Å². The van der Waals surface area contributed by atoms with Gasteiger partial charge < -0.3 is 9.64 Å². The van der Waals surface area contributed by atoms with E-state index in [2.05, 4.69) is 57.7 Å². The zero-order valence-electron chi connectivity index (χ0n) is 15.5. The number of methoxy groups -OCH3 is 1. The van der Waals surface area contributed by atoms with Crippen molar-refractivity contribution < 1.29 is 9.53 Å². The van der Waals surface area contributed by atoms with Gasteiger partial charge in [-0.3, -0.25) is 0 Å². The Kier molecular flexibility index (Phi) is 5.38. The predicted octanol–water partition coefficient (Wildman–Crippen LogP) is 4.82. The van der Waals surface area contributed by atoms with E-state index in [-0.39, 0.29) is 17.6 Å². The number of fused-ring (bicyclic) bond motifs is 1. The number of unbranched alkanes of at least 4 members (excludes halogenated alkanes) is 1. The molecule has 0 N–H and O–H groups in total. The second-order valence-electron chi connectivity index (χ2n) is 7.53. The minimum Gasteiger partial charge on any atom is -0.467 e. The van der Waals surface area contributed by atoms with Gasteiger partial charge in [0.25, 0.3) is 0 Å². The third kappa shape index (κ3) is 3.54. The quantitative estimate of drug-likeness (QED) is 0.729. The molecule has 1 aromatic carbocycles. The van der Waals surface area contributed by atoms with E-state index in [0.29, 0.717) is 5.92 Å². The lowest BCUT2D eigenvalue weighted by molar-refractivity contribution is -0.142. The average Bonchev–Trinajstić information content (AvgIpc) is 2.49. The minimum absolute atomic E-state index is 0.0612. The van der Waals surface area contributed by atoms with Crippen LogP contribution in [0.3, 0.4) is 0 Å². The smallest absolute Gasteiger partial charge is 0.328 e. The molecule has 0 spiro atoms. The summed E-state index contributed by atoms with van der Waals surface area (Å²) in [5.74, 6) is 0.383. The van der Waals surface area contributed by atoms with Gasteiger partial charge in [-0.1, -0.05) is 44.4 Å². The standard InChI is InChI=1S/C20H31NO2/c1-7-8-9-18(19(22)23-6)21-17-11-10-14(2)12-16(17)15(3)13-20(21,4)5/h10-12,15,18H,7-9,13H2,1-6H3. The molecule has 1 aliphatic heterocycles. The summed E-state index contributed by atoms with van der Waals surface area (Å²) >= 11 is 0. The van der Waals surface area contributed by atoms with Crippen LogP contribution in [0.25, 0.3) is 0 Å². The first kappa shape index (κ1) is 17.8. The Bertz CT molecular complexity index is 565. The third-order valence-electron chi connectivity index (χ3n) is 5.05. The van der Waals surface area contributed by atoms with Gasteiger partial charge in [0.15, 0.2) is 0 Å².